The summed E-state index contributed by atoms with van der Waals surface area (Å²) in [5.41, 5.74) is 5.78. The van der Waals surface area contributed by atoms with Crippen LogP contribution in [-0.4, -0.2) is 69.9 Å². The smallest absolute Gasteiger partial charge is 0.328 e. The maximum atomic E-state index is 12.6. The van der Waals surface area contributed by atoms with Crippen LogP contribution in [0, 0.1) is 11.8 Å². The van der Waals surface area contributed by atoms with Crippen LogP contribution in [0.25, 0.3) is 0 Å². The van der Waals surface area contributed by atoms with Gasteiger partial charge in [0, 0.05) is 5.75 Å². The highest BCUT2D eigenvalue weighted by atomic mass is 32.1. The van der Waals surface area contributed by atoms with E-state index in [0.717, 1.165) is 0 Å². The summed E-state index contributed by atoms with van der Waals surface area (Å²) in [5, 5.41) is 26.0. The van der Waals surface area contributed by atoms with Gasteiger partial charge in [0.1, 0.15) is 12.1 Å². The number of aliphatic hydroxyl groups is 1. The molecule has 6 unspecified atom stereocenters. The first-order chi connectivity index (χ1) is 13.4. The first-order valence-corrected chi connectivity index (χ1v) is 10.2. The van der Waals surface area contributed by atoms with E-state index < -0.39 is 54.0 Å². The van der Waals surface area contributed by atoms with Crippen molar-refractivity contribution in [2.75, 3.05) is 5.75 Å². The Labute approximate surface area is 176 Å². The Morgan fingerprint density at radius 3 is 1.83 bits per heavy atom. The predicted octanol–water partition coefficient (Wildman–Crippen LogP) is -1.13. The van der Waals surface area contributed by atoms with E-state index in [1.165, 1.54) is 6.92 Å². The number of hydrogen-bond acceptors (Lipinski definition) is 7. The highest BCUT2D eigenvalue weighted by Gasteiger charge is 2.33. The van der Waals surface area contributed by atoms with Crippen LogP contribution in [0.5, 0.6) is 0 Å². The Morgan fingerprint density at radius 1 is 0.931 bits per heavy atom. The highest BCUT2D eigenvalue weighted by molar-refractivity contribution is 7.80. The number of carboxylic acid groups (broad SMARTS) is 1. The maximum absolute atomic E-state index is 12.6. The van der Waals surface area contributed by atoms with Crippen molar-refractivity contribution < 1.29 is 29.4 Å². The third kappa shape index (κ3) is 8.58. The molecule has 0 aliphatic heterocycles. The second-order valence-corrected chi connectivity index (χ2v) is 7.82. The van der Waals surface area contributed by atoms with Gasteiger partial charge in [-0.25, -0.2) is 4.79 Å². The second-order valence-electron chi connectivity index (χ2n) is 7.45. The normalized spacial score (nSPS) is 17.4. The number of carbonyl (C=O) groups is 4. The van der Waals surface area contributed by atoms with Crippen LogP contribution in [0.1, 0.15) is 41.0 Å². The van der Waals surface area contributed by atoms with Crippen molar-refractivity contribution in [2.24, 2.45) is 17.6 Å². The lowest BCUT2D eigenvalue weighted by molar-refractivity contribution is -0.145. The van der Waals surface area contributed by atoms with Gasteiger partial charge in [-0.1, -0.05) is 34.1 Å². The van der Waals surface area contributed by atoms with Crippen LogP contribution in [0.15, 0.2) is 0 Å². The van der Waals surface area contributed by atoms with Gasteiger partial charge in [-0.3, -0.25) is 14.4 Å². The zero-order valence-corrected chi connectivity index (χ0v) is 18.4. The second kappa shape index (κ2) is 12.7. The summed E-state index contributed by atoms with van der Waals surface area (Å²) in [7, 11) is 0. The molecule has 0 radical (unpaired) electrons. The third-order valence-electron chi connectivity index (χ3n) is 4.68. The molecule has 0 aliphatic carbocycles. The lowest BCUT2D eigenvalue weighted by atomic mass is 9.97. The van der Waals surface area contributed by atoms with Crippen LogP contribution < -0.4 is 21.7 Å². The highest BCUT2D eigenvalue weighted by Crippen LogP contribution is 2.10. The van der Waals surface area contributed by atoms with E-state index in [1.807, 2.05) is 0 Å². The number of aliphatic carboxylic acids is 1. The fourth-order valence-electron chi connectivity index (χ4n) is 2.35. The largest absolute Gasteiger partial charge is 0.480 e. The average Bonchev–Trinajstić information content (AvgIpc) is 2.65. The molecular weight excluding hydrogens is 400 g/mol. The van der Waals surface area contributed by atoms with Crippen molar-refractivity contribution in [1.29, 1.82) is 0 Å². The molecule has 29 heavy (non-hydrogen) atoms. The number of amides is 3. The molecule has 0 heterocycles. The van der Waals surface area contributed by atoms with Gasteiger partial charge in [-0.2, -0.15) is 12.6 Å². The molecule has 0 saturated carbocycles. The zero-order chi connectivity index (χ0) is 22.9. The van der Waals surface area contributed by atoms with Crippen molar-refractivity contribution in [1.82, 2.24) is 16.0 Å². The molecular formula is C18H34N4O6S. The van der Waals surface area contributed by atoms with Crippen molar-refractivity contribution in [3.63, 3.8) is 0 Å². The molecule has 0 rings (SSSR count). The molecule has 0 aromatic heterocycles. The van der Waals surface area contributed by atoms with E-state index >= 15 is 0 Å². The van der Waals surface area contributed by atoms with Crippen LogP contribution in [-0.2, 0) is 19.2 Å². The molecule has 7 N–H and O–H groups in total. The van der Waals surface area contributed by atoms with E-state index in [0.29, 0.717) is 6.42 Å². The topological polar surface area (TPSA) is 171 Å². The Morgan fingerprint density at radius 2 is 1.45 bits per heavy atom. The summed E-state index contributed by atoms with van der Waals surface area (Å²) in [6.07, 6.45) is -0.812. The predicted molar refractivity (Wildman–Crippen MR) is 111 cm³/mol. The van der Waals surface area contributed by atoms with Crippen LogP contribution in [0.3, 0.4) is 0 Å². The average molecular weight is 435 g/mol. The molecule has 0 spiro atoms. The fourth-order valence-corrected chi connectivity index (χ4v) is 2.61. The molecule has 0 aromatic rings. The first-order valence-electron chi connectivity index (χ1n) is 9.55. The van der Waals surface area contributed by atoms with Gasteiger partial charge in [-0.05, 0) is 18.8 Å². The van der Waals surface area contributed by atoms with Gasteiger partial charge >= 0.3 is 5.97 Å². The number of hydrogen-bond donors (Lipinski definition) is 7. The summed E-state index contributed by atoms with van der Waals surface area (Å²) < 4.78 is 0. The number of carboxylic acids is 1. The summed E-state index contributed by atoms with van der Waals surface area (Å²) >= 11 is 4.08. The van der Waals surface area contributed by atoms with Crippen molar-refractivity contribution in [3.8, 4) is 0 Å². The van der Waals surface area contributed by atoms with Crippen LogP contribution in [0.2, 0.25) is 0 Å². The number of nitrogens with two attached hydrogens (primary N) is 1. The van der Waals surface area contributed by atoms with Gasteiger partial charge in [0.15, 0.2) is 6.04 Å². The lowest BCUT2D eigenvalue weighted by Gasteiger charge is -2.28. The van der Waals surface area contributed by atoms with Gasteiger partial charge in [0.05, 0.1) is 12.1 Å². The molecule has 0 fully saturated rings. The van der Waals surface area contributed by atoms with Crippen LogP contribution >= 0.6 is 12.6 Å². The van der Waals surface area contributed by atoms with Crippen molar-refractivity contribution in [2.45, 2.75) is 71.3 Å². The molecule has 0 aromatic carbocycles. The van der Waals surface area contributed by atoms with E-state index in [1.54, 1.807) is 27.7 Å². The lowest BCUT2D eigenvalue weighted by Crippen LogP contribution is -2.60. The number of aliphatic hydroxyl groups excluding tert-OH is 1. The SMILES string of the molecule is CCC(C)C(NC(=O)C(CS)NC(=O)C(N)C(C)C)C(=O)NC(C(=O)O)C(C)O. The van der Waals surface area contributed by atoms with Crippen molar-refractivity contribution >= 4 is 36.3 Å². The Balaban J connectivity index is 5.34. The minimum atomic E-state index is -1.52. The molecule has 0 saturated heterocycles. The quantitative estimate of drug-likeness (QED) is 0.190. The molecule has 3 amide bonds. The third-order valence-corrected chi connectivity index (χ3v) is 5.04. The molecule has 6 atom stereocenters. The van der Waals surface area contributed by atoms with Gasteiger partial charge in [0.2, 0.25) is 17.7 Å². The van der Waals surface area contributed by atoms with Gasteiger partial charge in [-0.15, -0.1) is 0 Å². The summed E-state index contributed by atoms with van der Waals surface area (Å²) in [6, 6.07) is -4.41. The maximum Gasteiger partial charge on any atom is 0.328 e. The Hall–Kier alpha value is -1.85. The zero-order valence-electron chi connectivity index (χ0n) is 17.5. The Bertz CT molecular complexity index is 587. The van der Waals surface area contributed by atoms with E-state index in [2.05, 4.69) is 28.6 Å². The number of carbonyl (C=O) groups excluding carboxylic acids is 3. The van der Waals surface area contributed by atoms with Gasteiger partial charge < -0.3 is 31.9 Å². The van der Waals surface area contributed by atoms with Crippen LogP contribution in [0.4, 0.5) is 0 Å². The van der Waals surface area contributed by atoms with E-state index in [4.69, 9.17) is 10.8 Å². The number of thiol groups is 1. The summed E-state index contributed by atoms with van der Waals surface area (Å²) in [4.78, 5) is 48.6. The number of nitrogens with one attached hydrogen (secondary N) is 3. The molecule has 11 heteroatoms. The van der Waals surface area contributed by atoms with Crippen molar-refractivity contribution in [3.05, 3.63) is 0 Å². The number of rotatable bonds is 12. The molecule has 168 valence electrons. The summed E-state index contributed by atoms with van der Waals surface area (Å²) in [5.74, 6) is -3.80. The molecule has 10 nitrogen and oxygen atoms in total. The first kappa shape index (κ1) is 27.1. The monoisotopic (exact) mass is 434 g/mol. The minimum Gasteiger partial charge on any atom is -0.480 e. The fraction of sp³-hybridized carbons (Fsp3) is 0.778. The standard InChI is InChI=1S/C18H34N4O6S/c1-6-9(4)13(17(26)22-14(10(5)23)18(27)28)21-15(24)11(7-29)20-16(25)12(19)8(2)3/h8-14,23,29H,6-7,19H2,1-5H3,(H,20,25)(H,21,24)(H,22,26)(H,27,28). The van der Waals surface area contributed by atoms with E-state index in [9.17, 15) is 24.3 Å². The minimum absolute atomic E-state index is 0.0251. The van der Waals surface area contributed by atoms with E-state index in [-0.39, 0.29) is 17.6 Å². The Kier molecular flexibility index (Phi) is 11.8. The molecule has 0 aliphatic rings. The summed E-state index contributed by atoms with van der Waals surface area (Å²) in [6.45, 7) is 8.29. The van der Waals surface area contributed by atoms with Gasteiger partial charge in [0.25, 0.3) is 0 Å². The molecule has 0 bridgehead atoms.